The van der Waals surface area contributed by atoms with E-state index < -0.39 is 0 Å². The Labute approximate surface area is 239 Å². The summed E-state index contributed by atoms with van der Waals surface area (Å²) in [5.41, 5.74) is 5.32. The molecule has 2 aliphatic heterocycles. The fourth-order valence-electron chi connectivity index (χ4n) is 5.21. The third kappa shape index (κ3) is 6.39. The van der Waals surface area contributed by atoms with Crippen molar-refractivity contribution in [2.75, 3.05) is 31.5 Å². The lowest BCUT2D eigenvalue weighted by Crippen LogP contribution is -2.20. The molecule has 1 aromatic heterocycles. The molecule has 41 heavy (non-hydrogen) atoms. The number of anilines is 1. The lowest BCUT2D eigenvalue weighted by atomic mass is 10.0. The summed E-state index contributed by atoms with van der Waals surface area (Å²) >= 11 is 0. The van der Waals surface area contributed by atoms with Crippen LogP contribution in [-0.2, 0) is 0 Å². The molecule has 2 aliphatic rings. The molecule has 1 amide bonds. The normalized spacial score (nSPS) is 18.3. The highest BCUT2D eigenvalue weighted by molar-refractivity contribution is 6.05. The lowest BCUT2D eigenvalue weighted by Gasteiger charge is -2.18. The van der Waals surface area contributed by atoms with Crippen LogP contribution in [0.4, 0.5) is 10.1 Å². The number of ether oxygens (including phenoxy) is 2. The highest BCUT2D eigenvalue weighted by atomic mass is 19.1. The Hall–Kier alpha value is -4.27. The van der Waals surface area contributed by atoms with E-state index in [1.165, 1.54) is 12.1 Å². The Morgan fingerprint density at radius 1 is 0.829 bits per heavy atom. The quantitative estimate of drug-likeness (QED) is 0.264. The zero-order chi connectivity index (χ0) is 28.2. The van der Waals surface area contributed by atoms with Gasteiger partial charge in [-0.2, -0.15) is 0 Å². The number of pyridine rings is 1. The van der Waals surface area contributed by atoms with Crippen molar-refractivity contribution in [3.63, 3.8) is 0 Å². The van der Waals surface area contributed by atoms with Crippen LogP contribution in [0.1, 0.15) is 28.9 Å². The molecule has 0 radical (unpaired) electrons. The van der Waals surface area contributed by atoms with E-state index in [1.807, 2.05) is 49.4 Å². The number of nitrogens with zero attached hydrogens (tertiary/aromatic N) is 1. The van der Waals surface area contributed by atoms with Crippen LogP contribution < -0.4 is 25.4 Å². The maximum atomic E-state index is 13.7. The summed E-state index contributed by atoms with van der Waals surface area (Å²) in [7, 11) is 0. The number of carbonyl (C=O) groups is 1. The van der Waals surface area contributed by atoms with E-state index in [1.54, 1.807) is 24.4 Å². The number of hydrogen-bond donors (Lipinski definition) is 3. The zero-order valence-electron chi connectivity index (χ0n) is 23.0. The minimum atomic E-state index is -0.308. The van der Waals surface area contributed by atoms with Crippen LogP contribution in [0.25, 0.3) is 22.3 Å². The number of aromatic nitrogens is 1. The van der Waals surface area contributed by atoms with Crippen molar-refractivity contribution in [2.24, 2.45) is 0 Å². The van der Waals surface area contributed by atoms with Crippen molar-refractivity contribution >= 4 is 11.6 Å². The number of benzene rings is 3. The van der Waals surface area contributed by atoms with Gasteiger partial charge in [0, 0.05) is 52.9 Å². The molecule has 2 atom stereocenters. The molecule has 2 fully saturated rings. The molecule has 2 saturated heterocycles. The minimum absolute atomic E-state index is 0.0603. The summed E-state index contributed by atoms with van der Waals surface area (Å²) in [5, 5.41) is 9.67. The van der Waals surface area contributed by atoms with E-state index in [0.717, 1.165) is 72.7 Å². The molecule has 7 nitrogen and oxygen atoms in total. The first-order valence-corrected chi connectivity index (χ1v) is 14.0. The molecule has 4 aromatic rings. The van der Waals surface area contributed by atoms with Crippen molar-refractivity contribution in [2.45, 2.75) is 32.0 Å². The van der Waals surface area contributed by atoms with Gasteiger partial charge < -0.3 is 25.4 Å². The summed E-state index contributed by atoms with van der Waals surface area (Å²) in [6, 6.07) is 21.3. The fourth-order valence-corrected chi connectivity index (χ4v) is 5.21. The number of nitrogens with one attached hydrogen (secondary N) is 3. The van der Waals surface area contributed by atoms with Gasteiger partial charge in [0.15, 0.2) is 0 Å². The standard InChI is InChI=1S/C33H33FN4O3/c1-21-2-3-24(18-37-21)29-16-23(6-10-31(29)40-27-12-14-35-19-27)33(39)38-26-9-11-32(41-28-13-15-36-20-28)30(17-26)22-4-7-25(34)8-5-22/h2-11,16-18,27-28,35-36H,12-15,19-20H2,1H3,(H,38,39)/t27-,28-/m0/s1. The molecular formula is C33H33FN4O3. The molecular weight excluding hydrogens is 519 g/mol. The molecule has 0 saturated carbocycles. The van der Waals surface area contributed by atoms with Crippen molar-refractivity contribution in [3.8, 4) is 33.8 Å². The molecule has 0 unspecified atom stereocenters. The summed E-state index contributed by atoms with van der Waals surface area (Å²) in [4.78, 5) is 17.9. The zero-order valence-corrected chi connectivity index (χ0v) is 23.0. The monoisotopic (exact) mass is 552 g/mol. The minimum Gasteiger partial charge on any atom is -0.488 e. The first-order valence-electron chi connectivity index (χ1n) is 14.0. The first kappa shape index (κ1) is 26.9. The van der Waals surface area contributed by atoms with Gasteiger partial charge in [0.05, 0.1) is 0 Å². The number of carbonyl (C=O) groups excluding carboxylic acids is 1. The highest BCUT2D eigenvalue weighted by Crippen LogP contribution is 2.35. The maximum Gasteiger partial charge on any atom is 0.255 e. The third-order valence-corrected chi connectivity index (χ3v) is 7.47. The van der Waals surface area contributed by atoms with Crippen molar-refractivity contribution in [1.82, 2.24) is 15.6 Å². The van der Waals surface area contributed by atoms with Crippen LogP contribution in [0.3, 0.4) is 0 Å². The van der Waals surface area contributed by atoms with Gasteiger partial charge in [-0.25, -0.2) is 4.39 Å². The predicted molar refractivity (Wildman–Crippen MR) is 158 cm³/mol. The number of halogens is 1. The van der Waals surface area contributed by atoms with Gasteiger partial charge in [-0.1, -0.05) is 18.2 Å². The number of hydrogen-bond acceptors (Lipinski definition) is 6. The Balaban J connectivity index is 1.29. The molecule has 210 valence electrons. The molecule has 3 N–H and O–H groups in total. The molecule has 3 aromatic carbocycles. The van der Waals surface area contributed by atoms with E-state index in [4.69, 9.17) is 9.47 Å². The average Bonchev–Trinajstić information content (AvgIpc) is 3.70. The Morgan fingerprint density at radius 3 is 2.07 bits per heavy atom. The van der Waals surface area contributed by atoms with Crippen molar-refractivity contribution in [3.05, 3.63) is 96.1 Å². The number of rotatable bonds is 8. The van der Waals surface area contributed by atoms with Gasteiger partial charge in [0.1, 0.15) is 29.5 Å². The van der Waals surface area contributed by atoms with Crippen LogP contribution in [0.2, 0.25) is 0 Å². The van der Waals surface area contributed by atoms with Crippen molar-refractivity contribution < 1.29 is 18.7 Å². The van der Waals surface area contributed by atoms with Gasteiger partial charge >= 0.3 is 0 Å². The molecule has 0 aliphatic carbocycles. The van der Waals surface area contributed by atoms with Crippen LogP contribution >= 0.6 is 0 Å². The second-order valence-electron chi connectivity index (χ2n) is 10.5. The van der Waals surface area contributed by atoms with E-state index in [-0.39, 0.29) is 23.9 Å². The topological polar surface area (TPSA) is 84.5 Å². The van der Waals surface area contributed by atoms with E-state index in [2.05, 4.69) is 20.9 Å². The van der Waals surface area contributed by atoms with Crippen molar-refractivity contribution in [1.29, 1.82) is 0 Å². The van der Waals surface area contributed by atoms with E-state index in [9.17, 15) is 9.18 Å². The van der Waals surface area contributed by atoms with Crippen LogP contribution in [0.15, 0.2) is 79.0 Å². The maximum absolute atomic E-state index is 13.7. The van der Waals surface area contributed by atoms with Crippen LogP contribution in [0, 0.1) is 12.7 Å². The van der Waals surface area contributed by atoms with Gasteiger partial charge in [-0.15, -0.1) is 0 Å². The fraction of sp³-hybridized carbons (Fsp3) is 0.273. The number of amides is 1. The number of aryl methyl sites for hydroxylation is 1. The predicted octanol–water partition coefficient (Wildman–Crippen LogP) is 5.60. The average molecular weight is 553 g/mol. The SMILES string of the molecule is Cc1ccc(-c2cc(C(=O)Nc3ccc(O[C@H]4CCNC4)c(-c4ccc(F)cc4)c3)ccc2O[C@H]2CCNC2)cn1. The molecule has 0 bridgehead atoms. The second kappa shape index (κ2) is 12.1. The Morgan fingerprint density at radius 2 is 1.46 bits per heavy atom. The van der Waals surface area contributed by atoms with Gasteiger partial charge in [0.2, 0.25) is 0 Å². The second-order valence-corrected chi connectivity index (χ2v) is 10.5. The summed E-state index contributed by atoms with van der Waals surface area (Å²) in [6.07, 6.45) is 3.79. The summed E-state index contributed by atoms with van der Waals surface area (Å²) < 4.78 is 26.3. The summed E-state index contributed by atoms with van der Waals surface area (Å²) in [5.74, 6) is 0.860. The van der Waals surface area contributed by atoms with Gasteiger partial charge in [0.25, 0.3) is 5.91 Å². The Kier molecular flexibility index (Phi) is 7.93. The van der Waals surface area contributed by atoms with Crippen LogP contribution in [-0.4, -0.2) is 49.3 Å². The molecule has 6 rings (SSSR count). The van der Waals surface area contributed by atoms with Gasteiger partial charge in [-0.3, -0.25) is 9.78 Å². The van der Waals surface area contributed by atoms with Crippen LogP contribution in [0.5, 0.6) is 11.5 Å². The molecule has 0 spiro atoms. The van der Waals surface area contributed by atoms with E-state index >= 15 is 0 Å². The lowest BCUT2D eigenvalue weighted by molar-refractivity contribution is 0.102. The summed E-state index contributed by atoms with van der Waals surface area (Å²) in [6.45, 7) is 5.34. The molecule has 8 heteroatoms. The highest BCUT2D eigenvalue weighted by Gasteiger charge is 2.21. The third-order valence-electron chi connectivity index (χ3n) is 7.47. The largest absolute Gasteiger partial charge is 0.488 e. The molecule has 3 heterocycles. The van der Waals surface area contributed by atoms with Gasteiger partial charge in [-0.05, 0) is 93.0 Å². The first-order chi connectivity index (χ1) is 20.0. The Bertz CT molecular complexity index is 1510. The smallest absolute Gasteiger partial charge is 0.255 e. The van der Waals surface area contributed by atoms with E-state index in [0.29, 0.717) is 17.0 Å².